The maximum absolute atomic E-state index is 13.9. The molecule has 3 aromatic rings. The van der Waals surface area contributed by atoms with Crippen molar-refractivity contribution in [2.45, 2.75) is 148 Å². The molecule has 0 saturated carbocycles. The number of carbonyl (C=O) groups is 2. The zero-order valence-corrected chi connectivity index (χ0v) is 44.9. The van der Waals surface area contributed by atoms with E-state index >= 15 is 0 Å². The van der Waals surface area contributed by atoms with Gasteiger partial charge in [-0.25, -0.2) is 23.3 Å². The Hall–Kier alpha value is -3.67. The van der Waals surface area contributed by atoms with Crippen molar-refractivity contribution < 1.29 is 79.3 Å². The molecule has 10 N–H and O–H groups in total. The quantitative estimate of drug-likeness (QED) is 0.0108. The zero-order chi connectivity index (χ0) is 51.0. The Morgan fingerprint density at radius 2 is 1.26 bits per heavy atom. The van der Waals surface area contributed by atoms with Gasteiger partial charge in [-0.2, -0.15) is 8.62 Å². The van der Waals surface area contributed by atoms with Gasteiger partial charge in [0.25, 0.3) is 5.56 Å². The Morgan fingerprint density at radius 1 is 0.750 bits per heavy atom. The Kier molecular flexibility index (Phi) is 29.8. The summed E-state index contributed by atoms with van der Waals surface area (Å²) in [4.78, 5) is 73.0. The molecule has 23 nitrogen and oxygen atoms in total. The minimum atomic E-state index is -5.89. The first-order valence-electron chi connectivity index (χ1n) is 23.2. The summed E-state index contributed by atoms with van der Waals surface area (Å²) in [5.41, 5.74) is -0.942. The molecule has 0 bridgehead atoms. The maximum Gasteiger partial charge on any atom is 0.513 e. The van der Waals surface area contributed by atoms with E-state index < -0.39 is 85.1 Å². The van der Waals surface area contributed by atoms with Gasteiger partial charge >= 0.3 is 41.3 Å². The predicted molar refractivity (Wildman–Crippen MR) is 270 cm³/mol. The van der Waals surface area contributed by atoms with Crippen LogP contribution in [0.1, 0.15) is 139 Å². The number of halogens is 1. The number of aromatic amines is 1. The lowest BCUT2D eigenvalue weighted by Crippen LogP contribution is -2.33. The van der Waals surface area contributed by atoms with Crippen molar-refractivity contribution in [2.75, 3.05) is 13.2 Å². The average molecular weight is 1140 g/mol. The summed E-state index contributed by atoms with van der Waals surface area (Å²) in [5.74, 6) is -0.193. The third kappa shape index (κ3) is 24.1. The van der Waals surface area contributed by atoms with E-state index in [0.29, 0.717) is 12.0 Å². The molecule has 1 aliphatic heterocycles. The van der Waals surface area contributed by atoms with Crippen LogP contribution in [0.4, 0.5) is 4.79 Å². The number of unbranched alkanes of at least 4 members (excludes halogenated alkanes) is 13. The van der Waals surface area contributed by atoms with E-state index in [9.17, 15) is 47.8 Å². The summed E-state index contributed by atoms with van der Waals surface area (Å²) < 4.78 is 86.9. The Morgan fingerprint density at radius 3 is 1.78 bits per heavy atom. The van der Waals surface area contributed by atoms with Gasteiger partial charge in [-0.15, -0.1) is 0 Å². The molecule has 27 heteroatoms. The number of ether oxygens (including phenoxy) is 4. The van der Waals surface area contributed by atoms with E-state index in [4.69, 9.17) is 36.8 Å². The van der Waals surface area contributed by atoms with E-state index in [1.807, 2.05) is 0 Å². The van der Waals surface area contributed by atoms with Crippen molar-refractivity contribution in [3.8, 4) is 11.5 Å². The molecule has 1 fully saturated rings. The molecule has 6 atom stereocenters. The Balaban J connectivity index is 0.00000888. The van der Waals surface area contributed by atoms with Crippen molar-refractivity contribution in [1.82, 2.24) is 21.9 Å². The second-order valence-corrected chi connectivity index (χ2v) is 21.7. The number of carbonyl (C=O) groups excluding carboxylic acids is 2. The van der Waals surface area contributed by atoms with Crippen LogP contribution in [0.2, 0.25) is 0 Å². The SMILES string of the molecule is CCCCCCCCCCCCCCCCOC(=O)Oc1ccc(COP(=O)(OCc2ccc(OC(=O)CC)cc2)OP(=O)(O)OP(=O)(O)OC[C@H]2O[C@@H](n3cc(/C=C/Br)c(=O)[nH]c3=O)C[C@@H]2O)cc1.N.N. The molecule has 0 spiro atoms. The standard InChI is InChI=1S/C45H64BrN2O19P3.2H3N/c1-3-5-6-7-8-9-10-11-12-13-14-15-16-17-28-59-45(53)64-38-24-20-35(21-25-38)32-62-70(58,61-31-34-18-22-37(23-19-34)63-42(50)4-2)67-69(56,57)66-68(54,55)60-33-40-39(49)29-41(65-40)48-30-36(26-27-46)43(51)47-44(48)52;;/h18-27,30,39-41,49H,3-17,28-29,31-33H2,1-2H3,(H,54,55)(H,56,57)(H,47,51,52);2*1H3/b27-26+;;/t39-,40+,41+,70?;;/m0../s1. The first-order valence-corrected chi connectivity index (χ1v) is 28.6. The summed E-state index contributed by atoms with van der Waals surface area (Å²) in [6.07, 6.45) is 14.3. The van der Waals surface area contributed by atoms with Gasteiger partial charge in [-0.05, 0) is 52.9 Å². The second kappa shape index (κ2) is 33.3. The van der Waals surface area contributed by atoms with Crippen LogP contribution in [-0.2, 0) is 63.4 Å². The third-order valence-electron chi connectivity index (χ3n) is 10.6. The Labute approximate surface area is 427 Å². The van der Waals surface area contributed by atoms with Crippen molar-refractivity contribution in [2.24, 2.45) is 0 Å². The molecule has 406 valence electrons. The van der Waals surface area contributed by atoms with Crippen LogP contribution in [0, 0.1) is 0 Å². The molecule has 0 radical (unpaired) electrons. The highest BCUT2D eigenvalue weighted by molar-refractivity contribution is 9.11. The highest BCUT2D eigenvalue weighted by Gasteiger charge is 2.45. The number of aliphatic hydroxyl groups excluding tert-OH is 1. The van der Waals surface area contributed by atoms with Gasteiger partial charge in [0.1, 0.15) is 23.8 Å². The number of phosphoric acid groups is 3. The van der Waals surface area contributed by atoms with Crippen LogP contribution in [-0.4, -0.2) is 62.0 Å². The van der Waals surface area contributed by atoms with E-state index in [0.717, 1.165) is 23.8 Å². The summed E-state index contributed by atoms with van der Waals surface area (Å²) in [5, 5.41) is 10.6. The lowest BCUT2D eigenvalue weighted by molar-refractivity contribution is -0.134. The minimum absolute atomic E-state index is 0. The fourth-order valence-electron chi connectivity index (χ4n) is 6.88. The minimum Gasteiger partial charge on any atom is -0.434 e. The topological polar surface area (TPSA) is 354 Å². The predicted octanol–water partition coefficient (Wildman–Crippen LogP) is 11.0. The number of nitrogens with zero attached hydrogens (tertiary/aromatic N) is 1. The number of rotatable bonds is 33. The molecule has 1 aromatic heterocycles. The van der Waals surface area contributed by atoms with Gasteiger partial charge in [0.2, 0.25) is 0 Å². The van der Waals surface area contributed by atoms with Crippen LogP contribution in [0.3, 0.4) is 0 Å². The molecule has 0 amide bonds. The number of aliphatic hydroxyl groups is 1. The van der Waals surface area contributed by atoms with E-state index in [1.54, 1.807) is 6.92 Å². The average Bonchev–Trinajstić information content (AvgIpc) is 3.69. The van der Waals surface area contributed by atoms with Crippen LogP contribution < -0.4 is 33.0 Å². The first-order chi connectivity index (χ1) is 33.4. The second-order valence-electron chi connectivity index (χ2n) is 16.3. The lowest BCUT2D eigenvalue weighted by atomic mass is 10.0. The number of phosphoric ester groups is 2. The lowest BCUT2D eigenvalue weighted by Gasteiger charge is -2.22. The molecule has 1 aliphatic rings. The summed E-state index contributed by atoms with van der Waals surface area (Å²) >= 11 is 3.04. The van der Waals surface area contributed by atoms with Crippen molar-refractivity contribution in [3.05, 3.63) is 97.2 Å². The molecule has 0 aliphatic carbocycles. The normalized spacial score (nSPS) is 18.0. The molecular weight excluding hydrogens is 1070 g/mol. The number of aromatic nitrogens is 2. The first kappa shape index (κ1) is 64.4. The fourth-order valence-corrected chi connectivity index (χ4v) is 11.2. The highest BCUT2D eigenvalue weighted by atomic mass is 79.9. The van der Waals surface area contributed by atoms with Crippen molar-refractivity contribution in [1.29, 1.82) is 0 Å². The van der Waals surface area contributed by atoms with E-state index in [2.05, 4.69) is 32.1 Å². The van der Waals surface area contributed by atoms with Crippen molar-refractivity contribution >= 4 is 57.6 Å². The van der Waals surface area contributed by atoms with Gasteiger partial charge in [0.05, 0.1) is 38.1 Å². The number of nitrogens with one attached hydrogen (secondary N) is 1. The van der Waals surface area contributed by atoms with Gasteiger partial charge in [0.15, 0.2) is 0 Å². The van der Waals surface area contributed by atoms with Crippen LogP contribution in [0.15, 0.2) is 69.3 Å². The molecular formula is C45H70BrN4O19P3. The van der Waals surface area contributed by atoms with Crippen LogP contribution in [0.5, 0.6) is 11.5 Å². The summed E-state index contributed by atoms with van der Waals surface area (Å²) in [6, 6.07) is 11.3. The van der Waals surface area contributed by atoms with Gasteiger partial charge in [-0.3, -0.25) is 32.7 Å². The maximum atomic E-state index is 13.9. The van der Waals surface area contributed by atoms with Crippen molar-refractivity contribution in [3.63, 3.8) is 0 Å². The fraction of sp³-hybridized carbons (Fsp3) is 0.556. The Bertz CT molecular complexity index is 2390. The van der Waals surface area contributed by atoms with E-state index in [1.165, 1.54) is 130 Å². The van der Waals surface area contributed by atoms with Gasteiger partial charge in [-0.1, -0.05) is 138 Å². The molecule has 4 rings (SSSR count). The molecule has 2 heterocycles. The number of H-pyrrole nitrogens is 1. The monoisotopic (exact) mass is 1140 g/mol. The summed E-state index contributed by atoms with van der Waals surface area (Å²) in [7, 11) is -16.7. The third-order valence-corrected chi connectivity index (χ3v) is 15.5. The van der Waals surface area contributed by atoms with Gasteiger partial charge in [0, 0.05) is 19.0 Å². The number of hydrogen-bond acceptors (Lipinski definition) is 19. The van der Waals surface area contributed by atoms with Gasteiger partial charge < -0.3 is 46.1 Å². The van der Waals surface area contributed by atoms with E-state index in [-0.39, 0.29) is 54.4 Å². The summed E-state index contributed by atoms with van der Waals surface area (Å²) in [6.45, 7) is 1.91. The number of benzene rings is 2. The van der Waals surface area contributed by atoms with Crippen LogP contribution >= 0.6 is 39.4 Å². The molecule has 3 unspecified atom stereocenters. The molecule has 1 saturated heterocycles. The zero-order valence-electron chi connectivity index (χ0n) is 40.7. The molecule has 72 heavy (non-hydrogen) atoms. The largest absolute Gasteiger partial charge is 0.513 e. The highest BCUT2D eigenvalue weighted by Crippen LogP contribution is 2.69. The van der Waals surface area contributed by atoms with Crippen LogP contribution in [0.25, 0.3) is 6.08 Å². The number of esters is 1. The molecule has 2 aromatic carbocycles. The number of hydrogen-bond donors (Lipinski definition) is 6. The smallest absolute Gasteiger partial charge is 0.434 e.